The smallest absolute Gasteiger partial charge is 0.355 e. The first-order valence-corrected chi connectivity index (χ1v) is 8.64. The van der Waals surface area contributed by atoms with Gasteiger partial charge in [-0.05, 0) is 25.1 Å². The highest BCUT2D eigenvalue weighted by molar-refractivity contribution is 5.94. The first-order chi connectivity index (χ1) is 12.7. The van der Waals surface area contributed by atoms with Gasteiger partial charge in [-0.1, -0.05) is 68.9 Å². The molecule has 0 saturated heterocycles. The maximum Gasteiger partial charge on any atom is 0.439 e. The molecular formula is C20H25N3O3. The summed E-state index contributed by atoms with van der Waals surface area (Å²) in [5.41, 5.74) is 2.27. The number of rotatable bonds is 4. The Hall–Kier alpha value is -3.15. The van der Waals surface area contributed by atoms with Crippen molar-refractivity contribution >= 4 is 16.5 Å². The van der Waals surface area contributed by atoms with Crippen molar-refractivity contribution < 1.29 is 9.05 Å². The lowest BCUT2D eigenvalue weighted by atomic mass is 10.1. The Morgan fingerprint density at radius 2 is 1.88 bits per heavy atom. The van der Waals surface area contributed by atoms with Gasteiger partial charge in [0.25, 0.3) is 0 Å². The molecule has 6 nitrogen and oxygen atoms in total. The van der Waals surface area contributed by atoms with Gasteiger partial charge in [0.2, 0.25) is 0 Å². The summed E-state index contributed by atoms with van der Waals surface area (Å²) in [4.78, 5) is 13.6. The molecule has 2 heterocycles. The molecule has 0 radical (unpaired) electrons. The molecule has 0 amide bonds. The third-order valence-electron chi connectivity index (χ3n) is 3.10. The fraction of sp³-hybridized carbons (Fsp3) is 0.250. The van der Waals surface area contributed by atoms with E-state index in [1.807, 2.05) is 58.9 Å². The normalized spacial score (nSPS) is 10.9. The molecule has 1 N–H and O–H groups in total. The molecule has 6 heteroatoms. The molecule has 0 spiro atoms. The molecule has 3 aromatic rings. The van der Waals surface area contributed by atoms with Gasteiger partial charge in [0.05, 0.1) is 5.39 Å². The molecular weight excluding hydrogens is 330 g/mol. The van der Waals surface area contributed by atoms with Crippen molar-refractivity contribution in [2.45, 2.75) is 34.6 Å². The van der Waals surface area contributed by atoms with E-state index < -0.39 is 5.76 Å². The molecule has 26 heavy (non-hydrogen) atoms. The Morgan fingerprint density at radius 3 is 2.46 bits per heavy atom. The van der Waals surface area contributed by atoms with Crippen molar-refractivity contribution in [3.63, 3.8) is 0 Å². The SMILES string of the molecule is C=C/C=C(\C=C/C)c1onc2ccc(-c3noc(=O)[nH]3)cc12.CC.CC. The van der Waals surface area contributed by atoms with Crippen LogP contribution in [0, 0.1) is 0 Å². The minimum absolute atomic E-state index is 0.360. The average molecular weight is 355 g/mol. The van der Waals surface area contributed by atoms with Crippen molar-refractivity contribution in [3.8, 4) is 11.4 Å². The van der Waals surface area contributed by atoms with E-state index in [0.717, 1.165) is 11.0 Å². The van der Waals surface area contributed by atoms with E-state index in [9.17, 15) is 4.79 Å². The van der Waals surface area contributed by atoms with Crippen LogP contribution >= 0.6 is 0 Å². The van der Waals surface area contributed by atoms with Crippen molar-refractivity contribution in [1.29, 1.82) is 0 Å². The summed E-state index contributed by atoms with van der Waals surface area (Å²) in [5.74, 6) is 0.391. The molecule has 138 valence electrons. The third-order valence-corrected chi connectivity index (χ3v) is 3.10. The zero-order valence-corrected chi connectivity index (χ0v) is 15.9. The molecule has 0 aliphatic rings. The van der Waals surface area contributed by atoms with Gasteiger partial charge in [-0.15, -0.1) is 0 Å². The van der Waals surface area contributed by atoms with Gasteiger partial charge in [0.15, 0.2) is 11.6 Å². The molecule has 2 aromatic heterocycles. The summed E-state index contributed by atoms with van der Waals surface area (Å²) in [6.45, 7) is 13.6. The van der Waals surface area contributed by atoms with E-state index in [2.05, 4.69) is 26.4 Å². The van der Waals surface area contributed by atoms with Gasteiger partial charge >= 0.3 is 5.76 Å². The van der Waals surface area contributed by atoms with Gasteiger partial charge in [-0.25, -0.2) is 4.79 Å². The summed E-state index contributed by atoms with van der Waals surface area (Å²) < 4.78 is 9.98. The van der Waals surface area contributed by atoms with Crippen LogP contribution in [0.15, 0.2) is 62.9 Å². The van der Waals surface area contributed by atoms with Crippen molar-refractivity contribution in [2.75, 3.05) is 0 Å². The Kier molecular flexibility index (Phi) is 8.57. The van der Waals surface area contributed by atoms with E-state index in [1.54, 1.807) is 18.2 Å². The number of hydrogen-bond acceptors (Lipinski definition) is 5. The van der Waals surface area contributed by atoms with Crippen LogP contribution in [0.5, 0.6) is 0 Å². The van der Waals surface area contributed by atoms with Crippen molar-refractivity contribution in [1.82, 2.24) is 15.3 Å². The summed E-state index contributed by atoms with van der Waals surface area (Å²) >= 11 is 0. The summed E-state index contributed by atoms with van der Waals surface area (Å²) in [6.07, 6.45) is 7.34. The van der Waals surface area contributed by atoms with Gasteiger partial charge < -0.3 is 4.52 Å². The number of nitrogens with one attached hydrogen (secondary N) is 1. The lowest BCUT2D eigenvalue weighted by molar-refractivity contribution is 0.388. The zero-order chi connectivity index (χ0) is 19.5. The van der Waals surface area contributed by atoms with Crippen molar-refractivity contribution in [3.05, 3.63) is 65.4 Å². The maximum atomic E-state index is 11.1. The number of benzene rings is 1. The number of fused-ring (bicyclic) bond motifs is 1. The Bertz CT molecular complexity index is 943. The minimum Gasteiger partial charge on any atom is -0.355 e. The zero-order valence-electron chi connectivity index (χ0n) is 15.9. The van der Waals surface area contributed by atoms with E-state index >= 15 is 0 Å². The van der Waals surface area contributed by atoms with Gasteiger partial charge in [-0.3, -0.25) is 9.51 Å². The molecule has 0 atom stereocenters. The molecule has 0 unspecified atom stereocenters. The molecule has 3 rings (SSSR count). The van der Waals surface area contributed by atoms with Crippen LogP contribution in [-0.2, 0) is 0 Å². The van der Waals surface area contributed by atoms with Crippen LogP contribution in [0.1, 0.15) is 40.4 Å². The van der Waals surface area contributed by atoms with Crippen LogP contribution in [0.2, 0.25) is 0 Å². The molecule has 1 aromatic carbocycles. The van der Waals surface area contributed by atoms with E-state index in [4.69, 9.17) is 4.52 Å². The monoisotopic (exact) mass is 355 g/mol. The Balaban J connectivity index is 0.000000791. The fourth-order valence-corrected chi connectivity index (χ4v) is 2.16. The number of H-pyrrole nitrogens is 1. The Labute approximate surface area is 152 Å². The van der Waals surface area contributed by atoms with Crippen LogP contribution in [0.25, 0.3) is 27.9 Å². The molecule has 0 bridgehead atoms. The third kappa shape index (κ3) is 4.69. The highest BCUT2D eigenvalue weighted by atomic mass is 16.5. The van der Waals surface area contributed by atoms with E-state index in [0.29, 0.717) is 22.7 Å². The number of nitrogens with zero attached hydrogens (tertiary/aromatic N) is 2. The van der Waals surface area contributed by atoms with Gasteiger partial charge in [0.1, 0.15) is 5.52 Å². The van der Waals surface area contributed by atoms with E-state index in [-0.39, 0.29) is 0 Å². The van der Waals surface area contributed by atoms with Crippen LogP contribution in [-0.4, -0.2) is 15.3 Å². The maximum absolute atomic E-state index is 11.1. The summed E-state index contributed by atoms with van der Waals surface area (Å²) in [6, 6.07) is 5.43. The molecule has 0 aliphatic heterocycles. The van der Waals surface area contributed by atoms with Gasteiger partial charge in [0, 0.05) is 11.1 Å². The number of aromatic amines is 1. The topological polar surface area (TPSA) is 84.9 Å². The number of aromatic nitrogens is 3. The van der Waals surface area contributed by atoms with E-state index in [1.165, 1.54) is 0 Å². The second-order valence-electron chi connectivity index (χ2n) is 4.54. The lowest BCUT2D eigenvalue weighted by Gasteiger charge is -1.98. The predicted octanol–water partition coefficient (Wildman–Crippen LogP) is 5.37. The molecule has 0 aliphatic carbocycles. The number of hydrogen-bond donors (Lipinski definition) is 1. The first-order valence-electron chi connectivity index (χ1n) is 8.64. The fourth-order valence-electron chi connectivity index (χ4n) is 2.16. The standard InChI is InChI=1S/C16H13N3O3.2C2H6/c1-3-5-10(6-4-2)14-12-9-11(7-8-13(12)18-21-14)15-17-16(20)22-19-15;2*1-2/h3-9H,1H2,2H3,(H,17,19,20);2*1-2H3/b6-4-,10-5+;;. The molecule has 0 fully saturated rings. The second kappa shape index (κ2) is 10.7. The predicted molar refractivity (Wildman–Crippen MR) is 106 cm³/mol. The van der Waals surface area contributed by atoms with Gasteiger partial charge in [-0.2, -0.15) is 0 Å². The van der Waals surface area contributed by atoms with Crippen LogP contribution in [0.4, 0.5) is 0 Å². The van der Waals surface area contributed by atoms with Crippen LogP contribution in [0.3, 0.4) is 0 Å². The highest BCUT2D eigenvalue weighted by Gasteiger charge is 2.13. The minimum atomic E-state index is -0.596. The quantitative estimate of drug-likeness (QED) is 0.636. The summed E-state index contributed by atoms with van der Waals surface area (Å²) in [7, 11) is 0. The largest absolute Gasteiger partial charge is 0.439 e. The van der Waals surface area contributed by atoms with Crippen LogP contribution < -0.4 is 5.76 Å². The lowest BCUT2D eigenvalue weighted by Crippen LogP contribution is -1.94. The average Bonchev–Trinajstić information content (AvgIpc) is 3.30. The summed E-state index contributed by atoms with van der Waals surface area (Å²) in [5, 5.41) is 8.54. The second-order valence-corrected chi connectivity index (χ2v) is 4.54. The Morgan fingerprint density at radius 1 is 1.15 bits per heavy atom. The molecule has 0 saturated carbocycles. The first kappa shape index (κ1) is 20.9. The van der Waals surface area contributed by atoms with Crippen molar-refractivity contribution in [2.24, 2.45) is 0 Å². The number of allylic oxidation sites excluding steroid dienone is 5. The highest BCUT2D eigenvalue weighted by Crippen LogP contribution is 2.29.